The van der Waals surface area contributed by atoms with E-state index in [9.17, 15) is 5.26 Å². The van der Waals surface area contributed by atoms with Gasteiger partial charge in [0.15, 0.2) is 17.5 Å². The van der Waals surface area contributed by atoms with Gasteiger partial charge in [-0.15, -0.1) is 0 Å². The fourth-order valence-corrected chi connectivity index (χ4v) is 8.87. The molecule has 6 nitrogen and oxygen atoms in total. The Morgan fingerprint density at radius 2 is 1.18 bits per heavy atom. The van der Waals surface area contributed by atoms with Crippen LogP contribution in [0.5, 0.6) is 0 Å². The molecule has 0 saturated carbocycles. The summed E-state index contributed by atoms with van der Waals surface area (Å²) in [5, 5.41) is 15.3. The highest BCUT2D eigenvalue weighted by molar-refractivity contribution is 6.19. The first-order valence-electron chi connectivity index (χ1n) is 18.4. The second kappa shape index (κ2) is 11.6. The van der Waals surface area contributed by atoms with Gasteiger partial charge in [0.2, 0.25) is 0 Å². The lowest BCUT2D eigenvalue weighted by Gasteiger charge is -2.22. The minimum absolute atomic E-state index is 0.231. The van der Waals surface area contributed by atoms with E-state index in [0.717, 1.165) is 44.0 Å². The number of hydrogen-bond acceptors (Lipinski definition) is 5. The average molecular weight is 706 g/mol. The molecule has 0 atom stereocenters. The van der Waals surface area contributed by atoms with E-state index in [1.807, 2.05) is 84.9 Å². The van der Waals surface area contributed by atoms with Crippen LogP contribution < -0.4 is 0 Å². The standard InChI is InChI=1S/C49H31N5O/c1-49(2)37-22-12-9-19-32(37)33-25-26-39-41(43(33)49)34-20-10-13-23-38(34)54(39)44-31(28-50)27-36(45-42(44)35-21-11-14-24-40(35)55-45)48-52-46(29-15-5-3-6-16-29)51-47(53-48)30-17-7-4-8-18-30/h3-27H,1-2H3. The molecule has 0 fully saturated rings. The molecule has 0 unspecified atom stereocenters. The van der Waals surface area contributed by atoms with E-state index < -0.39 is 0 Å². The number of rotatable bonds is 4. The predicted molar refractivity (Wildman–Crippen MR) is 220 cm³/mol. The van der Waals surface area contributed by atoms with Crippen molar-refractivity contribution in [3.05, 3.63) is 168 Å². The average Bonchev–Trinajstić information content (AvgIpc) is 3.86. The van der Waals surface area contributed by atoms with Gasteiger partial charge in [0.1, 0.15) is 17.2 Å². The van der Waals surface area contributed by atoms with Crippen molar-refractivity contribution in [3.63, 3.8) is 0 Å². The summed E-state index contributed by atoms with van der Waals surface area (Å²) in [6.45, 7) is 4.64. The number of furan rings is 1. The molecule has 3 aromatic heterocycles. The Kier molecular flexibility index (Phi) is 6.56. The fraction of sp³-hybridized carbons (Fsp3) is 0.0612. The van der Waals surface area contributed by atoms with Crippen molar-refractivity contribution in [2.24, 2.45) is 0 Å². The Morgan fingerprint density at radius 3 is 1.91 bits per heavy atom. The molecule has 6 heteroatoms. The second-order valence-electron chi connectivity index (χ2n) is 14.7. The first-order chi connectivity index (χ1) is 27.0. The van der Waals surface area contributed by atoms with Crippen LogP contribution in [0.3, 0.4) is 0 Å². The number of aromatic nitrogens is 4. The summed E-state index contributed by atoms with van der Waals surface area (Å²) in [5.74, 6) is 1.51. The third kappa shape index (κ3) is 4.44. The summed E-state index contributed by atoms with van der Waals surface area (Å²) in [6, 6.07) is 54.1. The lowest BCUT2D eigenvalue weighted by Crippen LogP contribution is -2.15. The number of nitrogens with zero attached hydrogens (tertiary/aromatic N) is 5. The molecule has 0 amide bonds. The van der Waals surface area contributed by atoms with Crippen molar-refractivity contribution in [2.45, 2.75) is 19.3 Å². The van der Waals surface area contributed by atoms with Gasteiger partial charge in [-0.1, -0.05) is 141 Å². The van der Waals surface area contributed by atoms with Crippen LogP contribution in [0.25, 0.3) is 94.7 Å². The first kappa shape index (κ1) is 31.2. The smallest absolute Gasteiger partial charge is 0.167 e. The second-order valence-corrected chi connectivity index (χ2v) is 14.7. The normalized spacial score (nSPS) is 13.0. The molecule has 0 spiro atoms. The summed E-state index contributed by atoms with van der Waals surface area (Å²) in [7, 11) is 0. The summed E-state index contributed by atoms with van der Waals surface area (Å²) >= 11 is 0. The van der Waals surface area contributed by atoms with Gasteiger partial charge >= 0.3 is 0 Å². The van der Waals surface area contributed by atoms with Crippen LogP contribution in [0.1, 0.15) is 30.5 Å². The quantitative estimate of drug-likeness (QED) is 0.182. The summed E-state index contributed by atoms with van der Waals surface area (Å²) in [5.41, 5.74) is 11.9. The van der Waals surface area contributed by atoms with Crippen molar-refractivity contribution >= 4 is 43.7 Å². The van der Waals surface area contributed by atoms with Gasteiger partial charge in [-0.3, -0.25) is 0 Å². The van der Waals surface area contributed by atoms with Gasteiger partial charge in [-0.2, -0.15) is 5.26 Å². The fourth-order valence-electron chi connectivity index (χ4n) is 8.87. The lowest BCUT2D eigenvalue weighted by atomic mass is 9.80. The van der Waals surface area contributed by atoms with Crippen molar-refractivity contribution in [1.82, 2.24) is 19.5 Å². The number of para-hydroxylation sites is 2. The molecule has 1 aliphatic carbocycles. The number of hydrogen-bond donors (Lipinski definition) is 0. The third-order valence-electron chi connectivity index (χ3n) is 11.3. The molecule has 1 aliphatic rings. The van der Waals surface area contributed by atoms with Gasteiger partial charge in [-0.25, -0.2) is 15.0 Å². The zero-order chi connectivity index (χ0) is 36.8. The van der Waals surface area contributed by atoms with Crippen molar-refractivity contribution in [2.75, 3.05) is 0 Å². The maximum atomic E-state index is 11.2. The van der Waals surface area contributed by atoms with Gasteiger partial charge in [-0.05, 0) is 46.5 Å². The molecule has 10 aromatic rings. The molecule has 55 heavy (non-hydrogen) atoms. The van der Waals surface area contributed by atoms with Crippen LogP contribution in [-0.2, 0) is 5.41 Å². The molecule has 11 rings (SSSR count). The van der Waals surface area contributed by atoms with Crippen molar-refractivity contribution in [1.29, 1.82) is 5.26 Å². The van der Waals surface area contributed by atoms with Crippen molar-refractivity contribution < 1.29 is 4.42 Å². The Bertz CT molecular complexity index is 3180. The topological polar surface area (TPSA) is 80.5 Å². The molecule has 7 aromatic carbocycles. The molecular weight excluding hydrogens is 675 g/mol. The maximum Gasteiger partial charge on any atom is 0.167 e. The highest BCUT2D eigenvalue weighted by Gasteiger charge is 2.38. The maximum absolute atomic E-state index is 11.2. The molecule has 0 aliphatic heterocycles. The van der Waals surface area contributed by atoms with E-state index in [-0.39, 0.29) is 5.41 Å². The van der Waals surface area contributed by atoms with Crippen LogP contribution >= 0.6 is 0 Å². The van der Waals surface area contributed by atoms with Gasteiger partial charge in [0, 0.05) is 32.7 Å². The molecule has 0 N–H and O–H groups in total. The predicted octanol–water partition coefficient (Wildman–Crippen LogP) is 12.0. The number of fused-ring (bicyclic) bond motifs is 10. The lowest BCUT2D eigenvalue weighted by molar-refractivity contribution is 0.666. The van der Waals surface area contributed by atoms with Gasteiger partial charge in [0.25, 0.3) is 0 Å². The third-order valence-corrected chi connectivity index (χ3v) is 11.3. The minimum Gasteiger partial charge on any atom is -0.455 e. The summed E-state index contributed by atoms with van der Waals surface area (Å²) in [6.07, 6.45) is 0. The van der Waals surface area contributed by atoms with E-state index in [1.165, 1.54) is 27.6 Å². The Hall–Kier alpha value is -7.36. The van der Waals surface area contributed by atoms with E-state index in [2.05, 4.69) is 91.2 Å². The zero-order valence-corrected chi connectivity index (χ0v) is 30.1. The highest BCUT2D eigenvalue weighted by atomic mass is 16.3. The largest absolute Gasteiger partial charge is 0.455 e. The molecule has 0 radical (unpaired) electrons. The van der Waals surface area contributed by atoms with Crippen LogP contribution in [0.2, 0.25) is 0 Å². The summed E-state index contributed by atoms with van der Waals surface area (Å²) in [4.78, 5) is 15.1. The molecular formula is C49H31N5O. The molecule has 3 heterocycles. The van der Waals surface area contributed by atoms with Gasteiger partial charge in [0.05, 0.1) is 33.2 Å². The Morgan fingerprint density at radius 1 is 0.564 bits per heavy atom. The summed E-state index contributed by atoms with van der Waals surface area (Å²) < 4.78 is 9.09. The number of benzene rings is 7. The number of nitriles is 1. The highest BCUT2D eigenvalue weighted by Crippen LogP contribution is 2.54. The van der Waals surface area contributed by atoms with Crippen LogP contribution in [-0.4, -0.2) is 19.5 Å². The molecule has 0 saturated heterocycles. The Balaban J connectivity index is 1.26. The molecule has 258 valence electrons. The van der Waals surface area contributed by atoms with Crippen LogP contribution in [0, 0.1) is 11.3 Å². The first-order valence-corrected chi connectivity index (χ1v) is 18.4. The van der Waals surface area contributed by atoms with Crippen molar-refractivity contribution in [3.8, 4) is 57.0 Å². The van der Waals surface area contributed by atoms with E-state index >= 15 is 0 Å². The van der Waals surface area contributed by atoms with E-state index in [1.54, 1.807) is 0 Å². The minimum atomic E-state index is -0.231. The SMILES string of the molecule is CC1(C)c2ccccc2-c2ccc3c(c21)c1ccccc1n3-c1c(C#N)cc(-c2nc(-c3ccccc3)nc(-c3ccccc3)n2)c2oc3ccccc3c12. The van der Waals surface area contributed by atoms with Gasteiger partial charge < -0.3 is 8.98 Å². The van der Waals surface area contributed by atoms with Crippen LogP contribution in [0.4, 0.5) is 0 Å². The van der Waals surface area contributed by atoms with E-state index in [4.69, 9.17) is 19.4 Å². The molecule has 0 bridgehead atoms. The van der Waals surface area contributed by atoms with E-state index in [0.29, 0.717) is 39.8 Å². The monoisotopic (exact) mass is 705 g/mol. The zero-order valence-electron chi connectivity index (χ0n) is 30.1. The van der Waals surface area contributed by atoms with Crippen LogP contribution in [0.15, 0.2) is 156 Å². The Labute approximate surface area is 316 Å².